The maximum Gasteiger partial charge on any atom is 0.313 e. The second-order valence-corrected chi connectivity index (χ2v) is 3.93. The van der Waals surface area contributed by atoms with Crippen molar-refractivity contribution < 1.29 is 28.6 Å². The van der Waals surface area contributed by atoms with Gasteiger partial charge in [0.25, 0.3) is 0 Å². The first-order valence-corrected chi connectivity index (χ1v) is 5.47. The van der Waals surface area contributed by atoms with Crippen molar-refractivity contribution >= 4 is 17.9 Å². The molecule has 0 aromatic carbocycles. The fraction of sp³-hybridized carbons (Fsp3) is 0.583. The monoisotopic (exact) mass is 256 g/mol. The molecule has 6 nitrogen and oxygen atoms in total. The summed E-state index contributed by atoms with van der Waals surface area (Å²) in [5.74, 6) is -3.49. The van der Waals surface area contributed by atoms with E-state index in [4.69, 9.17) is 0 Å². The van der Waals surface area contributed by atoms with E-state index in [0.717, 1.165) is 0 Å². The number of carbonyl (C=O) groups is 3. The number of ether oxygens (including phenoxy) is 3. The van der Waals surface area contributed by atoms with Crippen molar-refractivity contribution in [3.05, 3.63) is 12.2 Å². The molecule has 0 bridgehead atoms. The first-order valence-electron chi connectivity index (χ1n) is 5.47. The summed E-state index contributed by atoms with van der Waals surface area (Å²) >= 11 is 0. The van der Waals surface area contributed by atoms with Crippen molar-refractivity contribution in [1.82, 2.24) is 0 Å². The Morgan fingerprint density at radius 2 is 1.44 bits per heavy atom. The Bertz CT molecular complexity index is 373. The second-order valence-electron chi connectivity index (χ2n) is 3.93. The zero-order chi connectivity index (χ0) is 13.7. The van der Waals surface area contributed by atoms with Crippen molar-refractivity contribution in [3.8, 4) is 0 Å². The quantitative estimate of drug-likeness (QED) is 0.411. The van der Waals surface area contributed by atoms with Gasteiger partial charge >= 0.3 is 17.9 Å². The summed E-state index contributed by atoms with van der Waals surface area (Å²) in [4.78, 5) is 34.6. The highest BCUT2D eigenvalue weighted by Crippen LogP contribution is 2.31. The molecule has 0 aliphatic heterocycles. The summed E-state index contributed by atoms with van der Waals surface area (Å²) < 4.78 is 13.9. The van der Waals surface area contributed by atoms with Gasteiger partial charge in [-0.1, -0.05) is 12.2 Å². The van der Waals surface area contributed by atoms with Crippen LogP contribution in [0.4, 0.5) is 0 Å². The van der Waals surface area contributed by atoms with Crippen molar-refractivity contribution in [2.75, 3.05) is 21.3 Å². The van der Waals surface area contributed by atoms with Crippen LogP contribution >= 0.6 is 0 Å². The van der Waals surface area contributed by atoms with E-state index in [-0.39, 0.29) is 6.42 Å². The van der Waals surface area contributed by atoms with Crippen LogP contribution in [-0.2, 0) is 28.6 Å². The molecule has 0 saturated heterocycles. The standard InChI is InChI=1S/C12H16O6/c1-16-10(13)7-4-5-8(11(14)17-2)9(6-7)12(15)18-3/h4-5,7-9H,6H2,1-3H3. The van der Waals surface area contributed by atoms with E-state index in [1.807, 2.05) is 0 Å². The third kappa shape index (κ3) is 2.88. The van der Waals surface area contributed by atoms with Crippen LogP contribution in [0.3, 0.4) is 0 Å². The Morgan fingerprint density at radius 3 is 1.94 bits per heavy atom. The fourth-order valence-electron chi connectivity index (χ4n) is 1.99. The molecule has 1 aliphatic carbocycles. The molecule has 0 radical (unpaired) electrons. The average molecular weight is 256 g/mol. The van der Waals surface area contributed by atoms with Crippen molar-refractivity contribution in [2.24, 2.45) is 17.8 Å². The zero-order valence-electron chi connectivity index (χ0n) is 10.5. The summed E-state index contributed by atoms with van der Waals surface area (Å²) in [6.45, 7) is 0. The molecule has 0 fully saturated rings. The van der Waals surface area contributed by atoms with Crippen molar-refractivity contribution in [3.63, 3.8) is 0 Å². The van der Waals surface area contributed by atoms with Gasteiger partial charge in [-0.15, -0.1) is 0 Å². The zero-order valence-corrected chi connectivity index (χ0v) is 10.5. The molecule has 0 spiro atoms. The molecule has 18 heavy (non-hydrogen) atoms. The molecule has 1 aliphatic rings. The lowest BCUT2D eigenvalue weighted by Crippen LogP contribution is -2.36. The van der Waals surface area contributed by atoms with Crippen LogP contribution in [0.15, 0.2) is 12.2 Å². The van der Waals surface area contributed by atoms with Crippen LogP contribution in [-0.4, -0.2) is 39.2 Å². The molecule has 0 heterocycles. The van der Waals surface area contributed by atoms with E-state index in [9.17, 15) is 14.4 Å². The topological polar surface area (TPSA) is 78.9 Å². The maximum atomic E-state index is 11.6. The largest absolute Gasteiger partial charge is 0.469 e. The molecular formula is C12H16O6. The molecule has 3 unspecified atom stereocenters. The van der Waals surface area contributed by atoms with E-state index < -0.39 is 35.7 Å². The van der Waals surface area contributed by atoms with E-state index in [0.29, 0.717) is 0 Å². The number of carbonyl (C=O) groups excluding carboxylic acids is 3. The van der Waals surface area contributed by atoms with Crippen LogP contribution in [0.25, 0.3) is 0 Å². The molecule has 3 atom stereocenters. The molecule has 1 rings (SSSR count). The van der Waals surface area contributed by atoms with Gasteiger partial charge < -0.3 is 14.2 Å². The number of rotatable bonds is 3. The van der Waals surface area contributed by atoms with Crippen LogP contribution < -0.4 is 0 Å². The Morgan fingerprint density at radius 1 is 0.889 bits per heavy atom. The van der Waals surface area contributed by atoms with Gasteiger partial charge in [-0.25, -0.2) is 0 Å². The fourth-order valence-corrected chi connectivity index (χ4v) is 1.99. The SMILES string of the molecule is COC(=O)C1C=CC(C(=O)OC)C(C(=O)OC)C1. The minimum atomic E-state index is -0.725. The minimum Gasteiger partial charge on any atom is -0.469 e. The van der Waals surface area contributed by atoms with Gasteiger partial charge in [0, 0.05) is 0 Å². The summed E-state index contributed by atoms with van der Waals surface area (Å²) in [5, 5.41) is 0. The van der Waals surface area contributed by atoms with Gasteiger partial charge in [0.2, 0.25) is 0 Å². The van der Waals surface area contributed by atoms with E-state index in [1.165, 1.54) is 27.4 Å². The molecular weight excluding hydrogens is 240 g/mol. The molecule has 0 saturated carbocycles. The minimum absolute atomic E-state index is 0.176. The first kappa shape index (κ1) is 14.2. The highest BCUT2D eigenvalue weighted by atomic mass is 16.5. The second kappa shape index (κ2) is 6.18. The number of hydrogen-bond acceptors (Lipinski definition) is 6. The van der Waals surface area contributed by atoms with Crippen molar-refractivity contribution in [2.45, 2.75) is 6.42 Å². The Balaban J connectivity index is 2.94. The summed E-state index contributed by atoms with van der Waals surface area (Å²) in [7, 11) is 3.76. The normalized spacial score (nSPS) is 26.3. The lowest BCUT2D eigenvalue weighted by molar-refractivity contribution is -0.158. The summed E-state index contributed by atoms with van der Waals surface area (Å²) in [6, 6.07) is 0. The summed E-state index contributed by atoms with van der Waals surface area (Å²) in [6.07, 6.45) is 3.24. The number of hydrogen-bond donors (Lipinski definition) is 0. The molecule has 0 aromatic rings. The first-order chi connectivity index (χ1) is 8.54. The maximum absolute atomic E-state index is 11.6. The predicted molar refractivity (Wildman–Crippen MR) is 60.3 cm³/mol. The molecule has 0 amide bonds. The van der Waals surface area contributed by atoms with Gasteiger partial charge in [-0.2, -0.15) is 0 Å². The molecule has 6 heteroatoms. The summed E-state index contributed by atoms with van der Waals surface area (Å²) in [5.41, 5.74) is 0. The van der Waals surface area contributed by atoms with Crippen LogP contribution in [0.2, 0.25) is 0 Å². The number of esters is 3. The van der Waals surface area contributed by atoms with Gasteiger partial charge in [0.1, 0.15) is 0 Å². The lowest BCUT2D eigenvalue weighted by atomic mass is 9.79. The molecule has 100 valence electrons. The molecule has 0 N–H and O–H groups in total. The number of methoxy groups -OCH3 is 3. The van der Waals surface area contributed by atoms with Crippen molar-refractivity contribution in [1.29, 1.82) is 0 Å². The Labute approximate surface area is 105 Å². The third-order valence-corrected chi connectivity index (χ3v) is 2.97. The Kier molecular flexibility index (Phi) is 4.88. The van der Waals surface area contributed by atoms with E-state index in [1.54, 1.807) is 6.08 Å². The molecule has 0 aromatic heterocycles. The third-order valence-electron chi connectivity index (χ3n) is 2.97. The van der Waals surface area contributed by atoms with Gasteiger partial charge in [-0.3, -0.25) is 14.4 Å². The Hall–Kier alpha value is -1.85. The van der Waals surface area contributed by atoms with Gasteiger partial charge in [0.15, 0.2) is 0 Å². The lowest BCUT2D eigenvalue weighted by Gasteiger charge is -2.27. The van der Waals surface area contributed by atoms with Crippen LogP contribution in [0, 0.1) is 17.8 Å². The van der Waals surface area contributed by atoms with Gasteiger partial charge in [-0.05, 0) is 6.42 Å². The van der Waals surface area contributed by atoms with E-state index in [2.05, 4.69) is 14.2 Å². The van der Waals surface area contributed by atoms with Crippen LogP contribution in [0.1, 0.15) is 6.42 Å². The highest BCUT2D eigenvalue weighted by molar-refractivity contribution is 5.85. The van der Waals surface area contributed by atoms with Crippen LogP contribution in [0.5, 0.6) is 0 Å². The van der Waals surface area contributed by atoms with E-state index >= 15 is 0 Å². The van der Waals surface area contributed by atoms with Gasteiger partial charge in [0.05, 0.1) is 39.1 Å². The smallest absolute Gasteiger partial charge is 0.313 e. The average Bonchev–Trinajstić information content (AvgIpc) is 2.43. The highest BCUT2D eigenvalue weighted by Gasteiger charge is 2.39. The predicted octanol–water partition coefficient (Wildman–Crippen LogP) is 0.314.